The minimum Gasteiger partial charge on any atom is -0.340 e. The first-order valence-corrected chi connectivity index (χ1v) is 11.9. The second kappa shape index (κ2) is 8.87. The first kappa shape index (κ1) is 22.8. The van der Waals surface area contributed by atoms with Crippen molar-refractivity contribution in [3.05, 3.63) is 29.3 Å². The molecule has 1 aliphatic rings. The van der Waals surface area contributed by atoms with Crippen molar-refractivity contribution in [1.82, 2.24) is 18.2 Å². The number of amides is 1. The fraction of sp³-hybridized carbons (Fsp3) is 0.588. The number of hydrogen-bond donors (Lipinski definition) is 1. The fourth-order valence-electron chi connectivity index (χ4n) is 2.92. The number of hydrogen-bond acceptors (Lipinski definition) is 5. The van der Waals surface area contributed by atoms with Crippen LogP contribution in [0.3, 0.4) is 0 Å². The molecular weight excluding hydrogens is 404 g/mol. The summed E-state index contributed by atoms with van der Waals surface area (Å²) < 4.78 is 54.1. The Morgan fingerprint density at radius 2 is 1.68 bits per heavy atom. The Hall–Kier alpha value is -1.53. The molecule has 1 amide bonds. The molecule has 0 radical (unpaired) electrons. The number of rotatable bonds is 7. The van der Waals surface area contributed by atoms with Crippen LogP contribution in [0.4, 0.5) is 0 Å². The Balaban J connectivity index is 1.87. The van der Waals surface area contributed by atoms with Gasteiger partial charge in [0.05, 0.1) is 4.90 Å². The molecule has 1 saturated heterocycles. The fourth-order valence-corrected chi connectivity index (χ4v) is 5.37. The van der Waals surface area contributed by atoms with Gasteiger partial charge in [-0.15, -0.1) is 0 Å². The highest BCUT2D eigenvalue weighted by Gasteiger charge is 2.30. The molecule has 0 unspecified atom stereocenters. The average molecular weight is 433 g/mol. The van der Waals surface area contributed by atoms with Gasteiger partial charge in [-0.1, -0.05) is 12.1 Å². The minimum absolute atomic E-state index is 0.00917. The summed E-state index contributed by atoms with van der Waals surface area (Å²) in [6.45, 7) is 4.55. The Labute approximate surface area is 167 Å². The van der Waals surface area contributed by atoms with Gasteiger partial charge in [-0.05, 0) is 31.0 Å². The monoisotopic (exact) mass is 432 g/mol. The lowest BCUT2D eigenvalue weighted by Gasteiger charge is -2.35. The summed E-state index contributed by atoms with van der Waals surface area (Å²) >= 11 is 0. The van der Waals surface area contributed by atoms with E-state index in [2.05, 4.69) is 4.72 Å². The van der Waals surface area contributed by atoms with Gasteiger partial charge in [0, 0.05) is 53.2 Å². The number of aryl methyl sites for hydroxylation is 2. The summed E-state index contributed by atoms with van der Waals surface area (Å²) in [4.78, 5) is 14.1. The lowest BCUT2D eigenvalue weighted by molar-refractivity contribution is -0.132. The van der Waals surface area contributed by atoms with Crippen LogP contribution in [0, 0.1) is 13.8 Å². The largest absolute Gasteiger partial charge is 0.340 e. The van der Waals surface area contributed by atoms with Crippen molar-refractivity contribution in [2.75, 3.05) is 46.8 Å². The molecule has 0 aliphatic carbocycles. The second-order valence-corrected chi connectivity index (χ2v) is 10.9. The molecule has 2 rings (SSSR count). The van der Waals surface area contributed by atoms with Crippen LogP contribution in [-0.4, -0.2) is 83.1 Å². The third kappa shape index (κ3) is 5.29. The smallest absolute Gasteiger partial charge is 0.281 e. The molecule has 1 heterocycles. The number of sulfonamides is 1. The quantitative estimate of drug-likeness (QED) is 0.649. The van der Waals surface area contributed by atoms with E-state index in [0.717, 1.165) is 9.87 Å². The van der Waals surface area contributed by atoms with Gasteiger partial charge in [0.1, 0.15) is 0 Å². The highest BCUT2D eigenvalue weighted by molar-refractivity contribution is 7.89. The Bertz CT molecular complexity index is 921. The molecule has 28 heavy (non-hydrogen) atoms. The maximum atomic E-state index is 12.5. The summed E-state index contributed by atoms with van der Waals surface area (Å²) in [5.74, 6) is -0.203. The molecule has 158 valence electrons. The van der Waals surface area contributed by atoms with Gasteiger partial charge in [0.2, 0.25) is 15.9 Å². The van der Waals surface area contributed by atoms with Crippen LogP contribution in [0.25, 0.3) is 0 Å². The standard InChI is InChI=1S/C17H28N4O5S2/c1-14-5-6-15(2)16(13-14)27(23,24)18-8-7-17(22)20-9-11-21(12-10-20)28(25,26)19(3)4/h5-6,13,18H,7-12H2,1-4H3. The highest BCUT2D eigenvalue weighted by Crippen LogP contribution is 2.16. The Morgan fingerprint density at radius 1 is 1.07 bits per heavy atom. The van der Waals surface area contributed by atoms with Crippen molar-refractivity contribution in [3.63, 3.8) is 0 Å². The normalized spacial score (nSPS) is 16.5. The molecule has 1 fully saturated rings. The lowest BCUT2D eigenvalue weighted by Crippen LogP contribution is -2.53. The van der Waals surface area contributed by atoms with Crippen molar-refractivity contribution >= 4 is 26.1 Å². The van der Waals surface area contributed by atoms with Gasteiger partial charge in [-0.25, -0.2) is 13.1 Å². The van der Waals surface area contributed by atoms with E-state index >= 15 is 0 Å². The SMILES string of the molecule is Cc1ccc(C)c(S(=O)(=O)NCCC(=O)N2CCN(S(=O)(=O)N(C)C)CC2)c1. The molecule has 1 aromatic carbocycles. The minimum atomic E-state index is -3.69. The molecular formula is C17H28N4O5S2. The van der Waals surface area contributed by atoms with Gasteiger partial charge in [0.15, 0.2) is 0 Å². The first-order valence-electron chi connectivity index (χ1n) is 8.97. The highest BCUT2D eigenvalue weighted by atomic mass is 32.2. The van der Waals surface area contributed by atoms with E-state index in [-0.39, 0.29) is 49.9 Å². The average Bonchev–Trinajstić information content (AvgIpc) is 2.63. The lowest BCUT2D eigenvalue weighted by atomic mass is 10.2. The topological polar surface area (TPSA) is 107 Å². The van der Waals surface area contributed by atoms with Crippen molar-refractivity contribution in [2.45, 2.75) is 25.2 Å². The van der Waals surface area contributed by atoms with Gasteiger partial charge in [-0.3, -0.25) is 4.79 Å². The van der Waals surface area contributed by atoms with E-state index in [1.807, 2.05) is 13.0 Å². The summed E-state index contributed by atoms with van der Waals surface area (Å²) in [7, 11) is -4.24. The molecule has 0 bridgehead atoms. The number of carbonyl (C=O) groups excluding carboxylic acids is 1. The summed E-state index contributed by atoms with van der Waals surface area (Å²) in [5, 5.41) is 0. The van der Waals surface area contributed by atoms with Crippen molar-refractivity contribution in [2.24, 2.45) is 0 Å². The molecule has 0 spiro atoms. The summed E-state index contributed by atoms with van der Waals surface area (Å²) in [6.07, 6.45) is 0.0184. The Kier molecular flexibility index (Phi) is 7.21. The van der Waals surface area contributed by atoms with E-state index in [1.165, 1.54) is 18.4 Å². The van der Waals surface area contributed by atoms with E-state index in [4.69, 9.17) is 0 Å². The van der Waals surface area contributed by atoms with E-state index in [0.29, 0.717) is 5.56 Å². The molecule has 0 atom stereocenters. The van der Waals surface area contributed by atoms with Crippen molar-refractivity contribution < 1.29 is 21.6 Å². The van der Waals surface area contributed by atoms with Crippen LogP contribution in [-0.2, 0) is 25.0 Å². The van der Waals surface area contributed by atoms with Gasteiger partial charge in [0.25, 0.3) is 10.2 Å². The van der Waals surface area contributed by atoms with Gasteiger partial charge in [-0.2, -0.15) is 17.0 Å². The molecule has 1 N–H and O–H groups in total. The number of nitrogens with one attached hydrogen (secondary N) is 1. The van der Waals surface area contributed by atoms with Crippen LogP contribution < -0.4 is 4.72 Å². The van der Waals surface area contributed by atoms with E-state index in [1.54, 1.807) is 24.0 Å². The third-order valence-corrected chi connectivity index (χ3v) is 8.19. The van der Waals surface area contributed by atoms with Crippen LogP contribution in [0.5, 0.6) is 0 Å². The van der Waals surface area contributed by atoms with Gasteiger partial charge < -0.3 is 4.90 Å². The zero-order chi connectivity index (χ0) is 21.1. The number of carbonyl (C=O) groups is 1. The predicted octanol–water partition coefficient (Wildman–Crippen LogP) is -0.0776. The molecule has 1 aromatic rings. The second-order valence-electron chi connectivity index (χ2n) is 6.99. The zero-order valence-electron chi connectivity index (χ0n) is 16.7. The van der Waals surface area contributed by atoms with Crippen LogP contribution in [0.1, 0.15) is 17.5 Å². The zero-order valence-corrected chi connectivity index (χ0v) is 18.3. The maximum Gasteiger partial charge on any atom is 0.281 e. The van der Waals surface area contributed by atoms with Gasteiger partial charge >= 0.3 is 0 Å². The summed E-state index contributed by atoms with van der Waals surface area (Å²) in [6, 6.07) is 5.19. The molecule has 11 heteroatoms. The number of nitrogens with zero attached hydrogens (tertiary/aromatic N) is 3. The van der Waals surface area contributed by atoms with Crippen LogP contribution in [0.15, 0.2) is 23.1 Å². The van der Waals surface area contributed by atoms with Crippen LogP contribution >= 0.6 is 0 Å². The molecule has 0 aromatic heterocycles. The molecule has 1 aliphatic heterocycles. The predicted molar refractivity (Wildman–Crippen MR) is 106 cm³/mol. The first-order chi connectivity index (χ1) is 12.9. The summed E-state index contributed by atoms with van der Waals surface area (Å²) in [5.41, 5.74) is 1.48. The van der Waals surface area contributed by atoms with Crippen molar-refractivity contribution in [1.29, 1.82) is 0 Å². The van der Waals surface area contributed by atoms with Crippen molar-refractivity contribution in [3.8, 4) is 0 Å². The molecule has 9 nitrogen and oxygen atoms in total. The van der Waals surface area contributed by atoms with E-state index in [9.17, 15) is 21.6 Å². The molecule has 0 saturated carbocycles. The van der Waals surface area contributed by atoms with E-state index < -0.39 is 20.2 Å². The third-order valence-electron chi connectivity index (χ3n) is 4.64. The Morgan fingerprint density at radius 3 is 2.25 bits per heavy atom. The maximum absolute atomic E-state index is 12.5. The van der Waals surface area contributed by atoms with Crippen LogP contribution in [0.2, 0.25) is 0 Å². The number of piperazine rings is 1. The number of benzene rings is 1.